The number of ether oxygens (including phenoxy) is 1. The topological polar surface area (TPSA) is 63.0 Å². The summed E-state index contributed by atoms with van der Waals surface area (Å²) < 4.78 is 4.78. The van der Waals surface area contributed by atoms with Gasteiger partial charge in [-0.1, -0.05) is 0 Å². The highest BCUT2D eigenvalue weighted by molar-refractivity contribution is 5.73. The Balaban J connectivity index is 2.77. The molecule has 0 saturated carbocycles. The molecular formula is C10H10N2O2. The highest BCUT2D eigenvalue weighted by Crippen LogP contribution is 2.06. The minimum atomic E-state index is -0.324. The maximum atomic E-state index is 11.1. The number of nitriles is 1. The summed E-state index contributed by atoms with van der Waals surface area (Å²) in [6, 6.07) is 3.62. The fourth-order valence-corrected chi connectivity index (χ4v) is 1.05. The van der Waals surface area contributed by atoms with Gasteiger partial charge in [0.25, 0.3) is 0 Å². The third-order valence-electron chi connectivity index (χ3n) is 1.67. The zero-order valence-electron chi connectivity index (χ0n) is 7.86. The van der Waals surface area contributed by atoms with Crippen LogP contribution in [0.2, 0.25) is 0 Å². The minimum absolute atomic E-state index is 0.124. The fourth-order valence-electron chi connectivity index (χ4n) is 1.05. The zero-order valence-corrected chi connectivity index (χ0v) is 7.86. The number of hydrogen-bond donors (Lipinski definition) is 0. The van der Waals surface area contributed by atoms with Crippen LogP contribution in [-0.4, -0.2) is 17.6 Å². The fraction of sp³-hybridized carbons (Fsp3) is 0.300. The smallest absolute Gasteiger partial charge is 0.310 e. The first-order chi connectivity index (χ1) is 6.77. The van der Waals surface area contributed by atoms with E-state index >= 15 is 0 Å². The molecular weight excluding hydrogens is 180 g/mol. The van der Waals surface area contributed by atoms with E-state index in [9.17, 15) is 4.79 Å². The second-order valence-electron chi connectivity index (χ2n) is 2.63. The third-order valence-corrected chi connectivity index (χ3v) is 1.67. The molecule has 0 N–H and O–H groups in total. The first-order valence-electron chi connectivity index (χ1n) is 4.26. The number of nitrogens with zero attached hydrogens (tertiary/aromatic N) is 2. The molecule has 0 bridgehead atoms. The summed E-state index contributed by atoms with van der Waals surface area (Å²) in [5, 5.41) is 8.72. The van der Waals surface area contributed by atoms with Gasteiger partial charge in [0.05, 0.1) is 18.6 Å². The van der Waals surface area contributed by atoms with E-state index in [4.69, 9.17) is 10.00 Å². The molecule has 0 radical (unpaired) electrons. The van der Waals surface area contributed by atoms with Gasteiger partial charge in [-0.2, -0.15) is 5.26 Å². The molecule has 0 saturated heterocycles. The zero-order chi connectivity index (χ0) is 10.4. The first-order valence-corrected chi connectivity index (χ1v) is 4.26. The number of esters is 1. The molecule has 72 valence electrons. The van der Waals surface area contributed by atoms with E-state index in [-0.39, 0.29) is 12.4 Å². The van der Waals surface area contributed by atoms with Crippen molar-refractivity contribution in [3.63, 3.8) is 0 Å². The number of pyridine rings is 1. The van der Waals surface area contributed by atoms with Crippen molar-refractivity contribution in [1.82, 2.24) is 4.98 Å². The lowest BCUT2D eigenvalue weighted by molar-refractivity contribution is -0.142. The first kappa shape index (κ1) is 10.2. The van der Waals surface area contributed by atoms with E-state index in [1.807, 2.05) is 6.07 Å². The van der Waals surface area contributed by atoms with Crippen molar-refractivity contribution in [1.29, 1.82) is 5.26 Å². The summed E-state index contributed by atoms with van der Waals surface area (Å²) in [6.07, 6.45) is 3.11. The number of rotatable bonds is 3. The molecule has 0 aromatic carbocycles. The second-order valence-corrected chi connectivity index (χ2v) is 2.63. The van der Waals surface area contributed by atoms with Gasteiger partial charge in [0, 0.05) is 12.4 Å². The van der Waals surface area contributed by atoms with Crippen molar-refractivity contribution in [3.05, 3.63) is 29.6 Å². The van der Waals surface area contributed by atoms with E-state index in [1.54, 1.807) is 19.2 Å². The number of carbonyl (C=O) groups excluding carboxylic acids is 1. The highest BCUT2D eigenvalue weighted by atomic mass is 16.5. The molecule has 1 rings (SSSR count). The molecule has 0 spiro atoms. The Morgan fingerprint density at radius 2 is 2.50 bits per heavy atom. The Hall–Kier alpha value is -1.89. The molecule has 0 unspecified atom stereocenters. The largest absolute Gasteiger partial charge is 0.466 e. The maximum Gasteiger partial charge on any atom is 0.310 e. The van der Waals surface area contributed by atoms with Crippen molar-refractivity contribution < 1.29 is 9.53 Å². The average molecular weight is 190 g/mol. The highest BCUT2D eigenvalue weighted by Gasteiger charge is 2.07. The van der Waals surface area contributed by atoms with Gasteiger partial charge in [0.2, 0.25) is 0 Å². The normalized spacial score (nSPS) is 9.14. The monoisotopic (exact) mass is 190 g/mol. The van der Waals surface area contributed by atoms with E-state index in [0.29, 0.717) is 17.7 Å². The van der Waals surface area contributed by atoms with Crippen molar-refractivity contribution in [2.24, 2.45) is 0 Å². The van der Waals surface area contributed by atoms with Gasteiger partial charge in [-0.05, 0) is 18.6 Å². The van der Waals surface area contributed by atoms with Crippen LogP contribution in [0.5, 0.6) is 0 Å². The van der Waals surface area contributed by atoms with Crippen LogP contribution in [-0.2, 0) is 16.0 Å². The van der Waals surface area contributed by atoms with Crippen LogP contribution < -0.4 is 0 Å². The Morgan fingerprint density at radius 1 is 1.71 bits per heavy atom. The molecule has 0 fully saturated rings. The van der Waals surface area contributed by atoms with Crippen LogP contribution in [0.3, 0.4) is 0 Å². The van der Waals surface area contributed by atoms with Crippen LogP contribution in [0.1, 0.15) is 18.1 Å². The summed E-state index contributed by atoms with van der Waals surface area (Å²) in [4.78, 5) is 14.9. The molecule has 0 atom stereocenters. The molecule has 1 aromatic heterocycles. The summed E-state index contributed by atoms with van der Waals surface area (Å²) in [5.41, 5.74) is 1.07. The van der Waals surface area contributed by atoms with Gasteiger partial charge in [0.15, 0.2) is 0 Å². The van der Waals surface area contributed by atoms with Crippen molar-refractivity contribution in [2.45, 2.75) is 13.3 Å². The van der Waals surface area contributed by atoms with Crippen LogP contribution in [0.25, 0.3) is 0 Å². The third kappa shape index (κ3) is 2.56. The van der Waals surface area contributed by atoms with Crippen LogP contribution in [0, 0.1) is 11.3 Å². The summed E-state index contributed by atoms with van der Waals surface area (Å²) in [6.45, 7) is 2.10. The van der Waals surface area contributed by atoms with Crippen LogP contribution in [0.15, 0.2) is 18.5 Å². The lowest BCUT2D eigenvalue weighted by atomic mass is 10.1. The maximum absolute atomic E-state index is 11.1. The number of carbonyl (C=O) groups is 1. The van der Waals surface area contributed by atoms with Crippen LogP contribution in [0.4, 0.5) is 0 Å². The predicted molar refractivity (Wildman–Crippen MR) is 49.3 cm³/mol. The Morgan fingerprint density at radius 3 is 3.14 bits per heavy atom. The minimum Gasteiger partial charge on any atom is -0.466 e. The molecule has 14 heavy (non-hydrogen) atoms. The van der Waals surface area contributed by atoms with Gasteiger partial charge in [0.1, 0.15) is 6.07 Å². The van der Waals surface area contributed by atoms with E-state index in [2.05, 4.69) is 4.98 Å². The van der Waals surface area contributed by atoms with Gasteiger partial charge in [-0.15, -0.1) is 0 Å². The van der Waals surface area contributed by atoms with E-state index in [1.165, 1.54) is 6.20 Å². The van der Waals surface area contributed by atoms with Gasteiger partial charge < -0.3 is 4.74 Å². The molecule has 1 heterocycles. The Labute approximate surface area is 82.1 Å². The van der Waals surface area contributed by atoms with Crippen molar-refractivity contribution in [3.8, 4) is 6.07 Å². The predicted octanol–water partition coefficient (Wildman–Crippen LogP) is 1.06. The molecule has 0 aliphatic carbocycles. The van der Waals surface area contributed by atoms with Crippen molar-refractivity contribution >= 4 is 5.97 Å². The van der Waals surface area contributed by atoms with Gasteiger partial charge in [-0.3, -0.25) is 9.78 Å². The Kier molecular flexibility index (Phi) is 3.62. The lowest BCUT2D eigenvalue weighted by Gasteiger charge is -2.02. The van der Waals surface area contributed by atoms with Crippen LogP contribution >= 0.6 is 0 Å². The molecule has 4 heteroatoms. The van der Waals surface area contributed by atoms with E-state index < -0.39 is 0 Å². The van der Waals surface area contributed by atoms with Crippen molar-refractivity contribution in [2.75, 3.05) is 6.61 Å². The second kappa shape index (κ2) is 4.97. The summed E-state index contributed by atoms with van der Waals surface area (Å²) in [7, 11) is 0. The number of hydrogen-bond acceptors (Lipinski definition) is 4. The van der Waals surface area contributed by atoms with Gasteiger partial charge in [-0.25, -0.2) is 0 Å². The van der Waals surface area contributed by atoms with Gasteiger partial charge >= 0.3 is 5.97 Å². The molecule has 0 aliphatic heterocycles. The summed E-state index contributed by atoms with van der Waals surface area (Å²) in [5.74, 6) is -0.324. The lowest BCUT2D eigenvalue weighted by Crippen LogP contribution is -2.08. The average Bonchev–Trinajstić information content (AvgIpc) is 2.19. The summed E-state index contributed by atoms with van der Waals surface area (Å²) >= 11 is 0. The quantitative estimate of drug-likeness (QED) is 0.668. The molecule has 1 aromatic rings. The molecule has 4 nitrogen and oxygen atoms in total. The molecule has 0 aliphatic rings. The number of aromatic nitrogens is 1. The Bertz CT molecular complexity index is 369. The molecule has 0 amide bonds. The standard InChI is InChI=1S/C10H10N2O2/c1-2-14-10(13)5-8-3-4-12-7-9(8)6-11/h3-4,7H,2,5H2,1H3. The SMILES string of the molecule is CCOC(=O)Cc1ccncc1C#N. The van der Waals surface area contributed by atoms with E-state index in [0.717, 1.165) is 0 Å².